The summed E-state index contributed by atoms with van der Waals surface area (Å²) in [7, 11) is 1.66. The Morgan fingerprint density at radius 3 is 2.67 bits per heavy atom. The fraction of sp³-hybridized carbons (Fsp3) is 0.591. The fourth-order valence-corrected chi connectivity index (χ4v) is 3.99. The number of likely N-dealkylation sites (tertiary alicyclic amines) is 1. The number of benzene rings is 1. The maximum Gasteiger partial charge on any atom is 0.162 e. The summed E-state index contributed by atoms with van der Waals surface area (Å²) in [5.41, 5.74) is 1.82. The standard InChI is InChI=1S/C22H32N2O3/c1-4-15-27-18-9-13-23(14-10-18)11-6-12-24-16-19(17(2)25)22-20(24)7-5-8-21(22)26-3/h5,7-8,16,18H,4,6,9-15H2,1-3H3. The zero-order valence-electron chi connectivity index (χ0n) is 16.9. The zero-order chi connectivity index (χ0) is 19.2. The summed E-state index contributed by atoms with van der Waals surface area (Å²) in [6.07, 6.45) is 6.87. The van der Waals surface area contributed by atoms with Gasteiger partial charge in [0.25, 0.3) is 0 Å². The van der Waals surface area contributed by atoms with E-state index in [4.69, 9.17) is 9.47 Å². The molecule has 0 saturated carbocycles. The van der Waals surface area contributed by atoms with Crippen molar-refractivity contribution in [2.45, 2.75) is 52.2 Å². The maximum absolute atomic E-state index is 12.1. The summed E-state index contributed by atoms with van der Waals surface area (Å²) in [5.74, 6) is 0.850. The first kappa shape index (κ1) is 19.9. The van der Waals surface area contributed by atoms with Crippen molar-refractivity contribution < 1.29 is 14.3 Å². The molecular formula is C22H32N2O3. The molecule has 0 bridgehead atoms. The molecule has 2 heterocycles. The SMILES string of the molecule is CCCOC1CCN(CCCn2cc(C(C)=O)c3c(OC)cccc32)CC1. The van der Waals surface area contributed by atoms with Gasteiger partial charge < -0.3 is 18.9 Å². The number of rotatable bonds is 9. The van der Waals surface area contributed by atoms with E-state index in [0.717, 1.165) is 80.7 Å². The first-order valence-electron chi connectivity index (χ1n) is 10.1. The van der Waals surface area contributed by atoms with E-state index in [2.05, 4.69) is 22.5 Å². The van der Waals surface area contributed by atoms with Gasteiger partial charge in [0.2, 0.25) is 0 Å². The van der Waals surface area contributed by atoms with E-state index in [-0.39, 0.29) is 5.78 Å². The molecule has 1 aromatic carbocycles. The molecule has 1 aliphatic rings. The lowest BCUT2D eigenvalue weighted by molar-refractivity contribution is 0.00759. The smallest absolute Gasteiger partial charge is 0.162 e. The van der Waals surface area contributed by atoms with Crippen LogP contribution in [0.2, 0.25) is 0 Å². The van der Waals surface area contributed by atoms with Crippen molar-refractivity contribution in [1.82, 2.24) is 9.47 Å². The highest BCUT2D eigenvalue weighted by molar-refractivity contribution is 6.09. The lowest BCUT2D eigenvalue weighted by atomic mass is 10.1. The summed E-state index contributed by atoms with van der Waals surface area (Å²) in [4.78, 5) is 14.6. The monoisotopic (exact) mass is 372 g/mol. The van der Waals surface area contributed by atoms with Gasteiger partial charge in [0.1, 0.15) is 5.75 Å². The number of fused-ring (bicyclic) bond motifs is 1. The predicted octanol–water partition coefficient (Wildman–Crippen LogP) is 4.13. The number of Topliss-reactive ketones (excluding diaryl/α,β-unsaturated/α-hetero) is 1. The summed E-state index contributed by atoms with van der Waals surface area (Å²) in [6, 6.07) is 5.98. The van der Waals surface area contributed by atoms with Crippen molar-refractivity contribution in [2.24, 2.45) is 0 Å². The highest BCUT2D eigenvalue weighted by atomic mass is 16.5. The van der Waals surface area contributed by atoms with Crippen LogP contribution < -0.4 is 4.74 Å². The van der Waals surface area contributed by atoms with Crippen LogP contribution in [0, 0.1) is 0 Å². The maximum atomic E-state index is 12.1. The highest BCUT2D eigenvalue weighted by Gasteiger charge is 2.20. The third-order valence-electron chi connectivity index (χ3n) is 5.43. The third-order valence-corrected chi connectivity index (χ3v) is 5.43. The van der Waals surface area contributed by atoms with E-state index in [0.29, 0.717) is 6.10 Å². The quantitative estimate of drug-likeness (QED) is 0.621. The molecule has 0 aliphatic carbocycles. The van der Waals surface area contributed by atoms with Gasteiger partial charge in [-0.2, -0.15) is 0 Å². The summed E-state index contributed by atoms with van der Waals surface area (Å²) in [6.45, 7) is 8.89. The van der Waals surface area contributed by atoms with Gasteiger partial charge in [0, 0.05) is 38.0 Å². The van der Waals surface area contributed by atoms with Crippen LogP contribution >= 0.6 is 0 Å². The van der Waals surface area contributed by atoms with Gasteiger partial charge >= 0.3 is 0 Å². The van der Waals surface area contributed by atoms with E-state index < -0.39 is 0 Å². The number of carbonyl (C=O) groups excluding carboxylic acids is 1. The summed E-state index contributed by atoms with van der Waals surface area (Å²) >= 11 is 0. The van der Waals surface area contributed by atoms with Crippen molar-refractivity contribution >= 4 is 16.7 Å². The van der Waals surface area contributed by atoms with Gasteiger partial charge in [-0.15, -0.1) is 0 Å². The number of aryl methyl sites for hydroxylation is 1. The van der Waals surface area contributed by atoms with Crippen molar-refractivity contribution in [2.75, 3.05) is 33.4 Å². The Kier molecular flexibility index (Phi) is 6.91. The number of carbonyl (C=O) groups is 1. The summed E-state index contributed by atoms with van der Waals surface area (Å²) in [5, 5.41) is 0.932. The van der Waals surface area contributed by atoms with E-state index in [1.165, 1.54) is 0 Å². The Balaban J connectivity index is 1.59. The molecular weight excluding hydrogens is 340 g/mol. The molecule has 5 heteroatoms. The number of ether oxygens (including phenoxy) is 2. The highest BCUT2D eigenvalue weighted by Crippen LogP contribution is 2.31. The van der Waals surface area contributed by atoms with Crippen LogP contribution in [0.1, 0.15) is 49.9 Å². The number of aromatic nitrogens is 1. The second-order valence-electron chi connectivity index (χ2n) is 7.41. The van der Waals surface area contributed by atoms with Crippen LogP contribution in [0.3, 0.4) is 0 Å². The zero-order valence-corrected chi connectivity index (χ0v) is 16.9. The predicted molar refractivity (Wildman–Crippen MR) is 109 cm³/mol. The van der Waals surface area contributed by atoms with Gasteiger partial charge in [-0.3, -0.25) is 4.79 Å². The van der Waals surface area contributed by atoms with Gasteiger partial charge in [-0.25, -0.2) is 0 Å². The van der Waals surface area contributed by atoms with Gasteiger partial charge in [0.05, 0.1) is 24.1 Å². The van der Waals surface area contributed by atoms with Crippen LogP contribution in [-0.4, -0.2) is 54.7 Å². The van der Waals surface area contributed by atoms with Crippen molar-refractivity contribution in [3.8, 4) is 5.75 Å². The fourth-order valence-electron chi connectivity index (χ4n) is 3.99. The molecule has 0 amide bonds. The first-order chi connectivity index (χ1) is 13.1. The molecule has 1 aliphatic heterocycles. The Morgan fingerprint density at radius 1 is 1.22 bits per heavy atom. The first-order valence-corrected chi connectivity index (χ1v) is 10.1. The summed E-state index contributed by atoms with van der Waals surface area (Å²) < 4.78 is 13.6. The molecule has 0 N–H and O–H groups in total. The number of hydrogen-bond acceptors (Lipinski definition) is 4. The minimum Gasteiger partial charge on any atom is -0.496 e. The van der Waals surface area contributed by atoms with Gasteiger partial charge in [-0.05, 0) is 51.3 Å². The lowest BCUT2D eigenvalue weighted by Crippen LogP contribution is -2.37. The Morgan fingerprint density at radius 2 is 2.00 bits per heavy atom. The molecule has 1 saturated heterocycles. The van der Waals surface area contributed by atoms with Crippen LogP contribution in [0.4, 0.5) is 0 Å². The molecule has 1 fully saturated rings. The van der Waals surface area contributed by atoms with Crippen molar-refractivity contribution in [3.05, 3.63) is 30.0 Å². The van der Waals surface area contributed by atoms with E-state index >= 15 is 0 Å². The minimum atomic E-state index is 0.0809. The van der Waals surface area contributed by atoms with Gasteiger partial charge in [0.15, 0.2) is 5.78 Å². The third kappa shape index (κ3) is 4.71. The van der Waals surface area contributed by atoms with Crippen LogP contribution in [0.15, 0.2) is 24.4 Å². The number of ketones is 1. The van der Waals surface area contributed by atoms with Crippen LogP contribution in [0.25, 0.3) is 10.9 Å². The molecule has 0 spiro atoms. The molecule has 0 radical (unpaired) electrons. The van der Waals surface area contributed by atoms with E-state index in [1.807, 2.05) is 18.3 Å². The number of methoxy groups -OCH3 is 1. The average molecular weight is 373 g/mol. The van der Waals surface area contributed by atoms with E-state index in [1.54, 1.807) is 14.0 Å². The Labute approximate surface area is 162 Å². The molecule has 1 aromatic heterocycles. The van der Waals surface area contributed by atoms with Crippen LogP contribution in [-0.2, 0) is 11.3 Å². The van der Waals surface area contributed by atoms with Crippen molar-refractivity contribution in [3.63, 3.8) is 0 Å². The lowest BCUT2D eigenvalue weighted by Gasteiger charge is -2.31. The van der Waals surface area contributed by atoms with Gasteiger partial charge in [-0.1, -0.05) is 13.0 Å². The molecule has 2 aromatic rings. The minimum absolute atomic E-state index is 0.0809. The molecule has 0 atom stereocenters. The Bertz CT molecular complexity index is 760. The van der Waals surface area contributed by atoms with Crippen molar-refractivity contribution in [1.29, 1.82) is 0 Å². The molecule has 3 rings (SSSR count). The second-order valence-corrected chi connectivity index (χ2v) is 7.41. The van der Waals surface area contributed by atoms with Crippen LogP contribution in [0.5, 0.6) is 5.75 Å². The average Bonchev–Trinajstić information content (AvgIpc) is 3.06. The Hall–Kier alpha value is -1.85. The number of nitrogens with zero attached hydrogens (tertiary/aromatic N) is 2. The normalized spacial score (nSPS) is 16.1. The largest absolute Gasteiger partial charge is 0.496 e. The number of piperidine rings is 1. The topological polar surface area (TPSA) is 43.7 Å². The molecule has 0 unspecified atom stereocenters. The molecule has 5 nitrogen and oxygen atoms in total. The van der Waals surface area contributed by atoms with E-state index in [9.17, 15) is 4.79 Å². The molecule has 148 valence electrons. The number of hydrogen-bond donors (Lipinski definition) is 0. The molecule has 27 heavy (non-hydrogen) atoms. The second kappa shape index (κ2) is 9.38.